The van der Waals surface area contributed by atoms with Crippen LogP contribution in [0.25, 0.3) is 16.3 Å². The van der Waals surface area contributed by atoms with Crippen molar-refractivity contribution >= 4 is 72.0 Å². The zero-order valence-electron chi connectivity index (χ0n) is 13.9. The first-order valence-electron chi connectivity index (χ1n) is 7.90. The van der Waals surface area contributed by atoms with Crippen molar-refractivity contribution in [3.05, 3.63) is 34.2 Å². The van der Waals surface area contributed by atoms with Gasteiger partial charge in [0, 0.05) is 30.9 Å². The maximum Gasteiger partial charge on any atom is 0.266 e. The third kappa shape index (κ3) is 4.15. The van der Waals surface area contributed by atoms with Crippen LogP contribution in [0.1, 0.15) is 18.4 Å². The monoisotopic (exact) mass is 428 g/mol. The zero-order valence-corrected chi connectivity index (χ0v) is 17.1. The SMILES string of the molecule is CCN1C(=O)C(=Cc2sc3ccccc3[n+]2CCCS(=O)(=O)[O-])SC1=S. The maximum absolute atomic E-state index is 12.4. The van der Waals surface area contributed by atoms with Gasteiger partial charge in [0.2, 0.25) is 5.52 Å². The van der Waals surface area contributed by atoms with E-state index in [9.17, 15) is 17.8 Å². The van der Waals surface area contributed by atoms with Crippen LogP contribution in [0.3, 0.4) is 0 Å². The van der Waals surface area contributed by atoms with Crippen LogP contribution >= 0.6 is 35.3 Å². The fourth-order valence-electron chi connectivity index (χ4n) is 2.68. The molecule has 1 fully saturated rings. The number of amides is 1. The molecule has 0 aliphatic carbocycles. The highest BCUT2D eigenvalue weighted by molar-refractivity contribution is 8.26. The summed E-state index contributed by atoms with van der Waals surface area (Å²) >= 11 is 8.02. The van der Waals surface area contributed by atoms with Gasteiger partial charge in [0.05, 0.1) is 15.0 Å². The Balaban J connectivity index is 1.97. The normalized spacial score (nSPS) is 17.0. The van der Waals surface area contributed by atoms with Gasteiger partial charge in [-0.05, 0) is 13.0 Å². The molecular weight excluding hydrogens is 412 g/mol. The number of thiocarbonyl (C=S) groups is 1. The number of aromatic nitrogens is 1. The Hall–Kier alpha value is -1.33. The van der Waals surface area contributed by atoms with Crippen molar-refractivity contribution in [3.8, 4) is 0 Å². The van der Waals surface area contributed by atoms with Crippen LogP contribution in [0.4, 0.5) is 0 Å². The minimum atomic E-state index is -4.25. The molecule has 1 amide bonds. The van der Waals surface area contributed by atoms with Gasteiger partial charge in [-0.3, -0.25) is 9.69 Å². The van der Waals surface area contributed by atoms with E-state index < -0.39 is 15.9 Å². The van der Waals surface area contributed by atoms with Gasteiger partial charge < -0.3 is 4.55 Å². The van der Waals surface area contributed by atoms with Crippen LogP contribution in [0.5, 0.6) is 0 Å². The molecule has 138 valence electrons. The summed E-state index contributed by atoms with van der Waals surface area (Å²) in [6.45, 7) is 2.78. The lowest BCUT2D eigenvalue weighted by Crippen LogP contribution is -2.36. The summed E-state index contributed by atoms with van der Waals surface area (Å²) in [4.78, 5) is 14.5. The molecule has 0 atom stereocenters. The number of hydrogen-bond donors (Lipinski definition) is 0. The fraction of sp³-hybridized carbons (Fsp3) is 0.312. The van der Waals surface area contributed by atoms with Crippen LogP contribution in [-0.2, 0) is 21.5 Å². The second-order valence-corrected chi connectivity index (χ2v) is 9.86. The molecule has 3 rings (SSSR count). The standard InChI is InChI=1S/C16H16N2O4S4/c1-2-17-15(19)13(25-16(17)23)10-14-18(8-5-9-26(20,21)22)11-6-3-4-7-12(11)24-14/h3-4,6-7,10H,2,5,8-9H2,1H3. The zero-order chi connectivity index (χ0) is 18.9. The number of carbonyl (C=O) groups excluding carboxylic acids is 1. The molecule has 1 saturated heterocycles. The molecule has 2 heterocycles. The van der Waals surface area contributed by atoms with Crippen molar-refractivity contribution < 1.29 is 22.3 Å². The number of para-hydroxylation sites is 1. The van der Waals surface area contributed by atoms with Crippen LogP contribution < -0.4 is 4.57 Å². The molecule has 0 N–H and O–H groups in total. The highest BCUT2D eigenvalue weighted by atomic mass is 32.2. The molecule has 0 saturated carbocycles. The van der Waals surface area contributed by atoms with E-state index in [1.165, 1.54) is 23.1 Å². The number of thioether (sulfide) groups is 1. The van der Waals surface area contributed by atoms with Crippen molar-refractivity contribution in [2.24, 2.45) is 0 Å². The minimum Gasteiger partial charge on any atom is -0.748 e. The summed E-state index contributed by atoms with van der Waals surface area (Å²) in [7, 11) is -4.25. The Morgan fingerprint density at radius 2 is 2.08 bits per heavy atom. The number of thiazole rings is 1. The number of nitrogens with zero attached hydrogens (tertiary/aromatic N) is 2. The number of rotatable bonds is 6. The Bertz CT molecular complexity index is 1010. The van der Waals surface area contributed by atoms with Gasteiger partial charge in [0.15, 0.2) is 6.54 Å². The molecule has 2 aromatic rings. The van der Waals surface area contributed by atoms with Gasteiger partial charge in [-0.1, -0.05) is 47.4 Å². The molecule has 0 spiro atoms. The van der Waals surface area contributed by atoms with E-state index in [0.717, 1.165) is 15.2 Å². The van der Waals surface area contributed by atoms with Crippen molar-refractivity contribution in [2.45, 2.75) is 19.9 Å². The molecule has 10 heteroatoms. The lowest BCUT2D eigenvalue weighted by Gasteiger charge is -2.09. The van der Waals surface area contributed by atoms with Gasteiger partial charge in [0.25, 0.3) is 10.9 Å². The quantitative estimate of drug-likeness (QED) is 0.304. The molecular formula is C16H16N2O4S4. The second-order valence-electron chi connectivity index (χ2n) is 5.60. The summed E-state index contributed by atoms with van der Waals surface area (Å²) in [5.74, 6) is -0.532. The first kappa shape index (κ1) is 19.4. The van der Waals surface area contributed by atoms with Crippen LogP contribution in [0.15, 0.2) is 29.2 Å². The molecule has 1 aromatic carbocycles. The maximum atomic E-state index is 12.4. The fourth-order valence-corrected chi connectivity index (χ4v) is 5.72. The molecule has 6 nitrogen and oxygen atoms in total. The van der Waals surface area contributed by atoms with Crippen molar-refractivity contribution in [1.29, 1.82) is 0 Å². The highest BCUT2D eigenvalue weighted by Gasteiger charge is 2.32. The third-order valence-corrected chi connectivity index (χ3v) is 7.14. The Morgan fingerprint density at radius 1 is 1.35 bits per heavy atom. The van der Waals surface area contributed by atoms with Crippen molar-refractivity contribution in [2.75, 3.05) is 12.3 Å². The van der Waals surface area contributed by atoms with E-state index >= 15 is 0 Å². The van der Waals surface area contributed by atoms with E-state index in [-0.39, 0.29) is 12.3 Å². The minimum absolute atomic E-state index is 0.117. The van der Waals surface area contributed by atoms with Gasteiger partial charge in [-0.15, -0.1) is 0 Å². The molecule has 0 unspecified atom stereocenters. The van der Waals surface area contributed by atoms with E-state index in [0.29, 0.717) is 22.3 Å². The molecule has 0 bridgehead atoms. The summed E-state index contributed by atoms with van der Waals surface area (Å²) < 4.78 is 36.2. The Morgan fingerprint density at radius 3 is 2.73 bits per heavy atom. The van der Waals surface area contributed by atoms with Crippen molar-refractivity contribution in [1.82, 2.24) is 4.90 Å². The number of fused-ring (bicyclic) bond motifs is 1. The first-order valence-corrected chi connectivity index (χ1v) is 11.5. The molecule has 26 heavy (non-hydrogen) atoms. The summed E-state index contributed by atoms with van der Waals surface area (Å²) in [6, 6.07) is 7.73. The smallest absolute Gasteiger partial charge is 0.266 e. The topological polar surface area (TPSA) is 81.4 Å². The number of aryl methyl sites for hydroxylation is 1. The summed E-state index contributed by atoms with van der Waals surface area (Å²) in [5, 5.41) is 0.825. The summed E-state index contributed by atoms with van der Waals surface area (Å²) in [5.41, 5.74) is 0.943. The van der Waals surface area contributed by atoms with Gasteiger partial charge in [-0.2, -0.15) is 4.57 Å². The first-order chi connectivity index (χ1) is 12.3. The molecule has 1 aliphatic heterocycles. The Kier molecular flexibility index (Phi) is 5.78. The average molecular weight is 429 g/mol. The van der Waals surface area contributed by atoms with E-state index in [1.54, 1.807) is 11.0 Å². The summed E-state index contributed by atoms with van der Waals surface area (Å²) in [6.07, 6.45) is 2.01. The predicted octanol–water partition coefficient (Wildman–Crippen LogP) is 2.35. The largest absolute Gasteiger partial charge is 0.748 e. The second kappa shape index (κ2) is 7.73. The average Bonchev–Trinajstić information content (AvgIpc) is 3.04. The van der Waals surface area contributed by atoms with Crippen LogP contribution in [-0.4, -0.2) is 40.4 Å². The molecule has 1 aliphatic rings. The molecule has 0 radical (unpaired) electrons. The highest BCUT2D eigenvalue weighted by Crippen LogP contribution is 2.33. The van der Waals surface area contributed by atoms with Gasteiger partial charge in [-0.25, -0.2) is 8.42 Å². The van der Waals surface area contributed by atoms with Gasteiger partial charge >= 0.3 is 0 Å². The predicted molar refractivity (Wildman–Crippen MR) is 107 cm³/mol. The van der Waals surface area contributed by atoms with E-state index in [4.69, 9.17) is 12.2 Å². The van der Waals surface area contributed by atoms with Gasteiger partial charge in [0.1, 0.15) is 9.02 Å². The van der Waals surface area contributed by atoms with Crippen LogP contribution in [0, 0.1) is 0 Å². The number of hydrogen-bond acceptors (Lipinski definition) is 7. The lowest BCUT2D eigenvalue weighted by atomic mass is 10.3. The van der Waals surface area contributed by atoms with E-state index in [1.807, 2.05) is 35.8 Å². The molecule has 1 aromatic heterocycles. The number of carbonyl (C=O) groups is 1. The van der Waals surface area contributed by atoms with E-state index in [2.05, 4.69) is 0 Å². The number of likely N-dealkylation sites (N-methyl/N-ethyl adjacent to an activating group) is 1. The van der Waals surface area contributed by atoms with Crippen LogP contribution in [0.2, 0.25) is 0 Å². The lowest BCUT2D eigenvalue weighted by molar-refractivity contribution is -0.668. The Labute approximate surface area is 165 Å². The number of benzene rings is 1. The van der Waals surface area contributed by atoms with Crippen molar-refractivity contribution in [3.63, 3.8) is 0 Å². The third-order valence-electron chi connectivity index (χ3n) is 3.86.